The molecule has 28 heavy (non-hydrogen) atoms. The second-order valence-electron chi connectivity index (χ2n) is 6.37. The van der Waals surface area contributed by atoms with Crippen LogP contribution in [0.5, 0.6) is 0 Å². The zero-order chi connectivity index (χ0) is 20.7. The van der Waals surface area contributed by atoms with Crippen LogP contribution in [-0.4, -0.2) is 44.0 Å². The molecule has 0 aliphatic heterocycles. The van der Waals surface area contributed by atoms with Crippen LogP contribution in [0.25, 0.3) is 0 Å². The molecule has 2 rings (SSSR count). The van der Waals surface area contributed by atoms with Crippen LogP contribution in [0.15, 0.2) is 42.5 Å². The number of hydrogen-bond acceptors (Lipinski definition) is 4. The van der Waals surface area contributed by atoms with Crippen molar-refractivity contribution in [2.24, 2.45) is 0 Å². The lowest BCUT2D eigenvalue weighted by Crippen LogP contribution is -2.32. The average molecular weight is 379 g/mol. The molecule has 0 heterocycles. The minimum atomic E-state index is -0.427. The Hall–Kier alpha value is -3.53. The van der Waals surface area contributed by atoms with Crippen molar-refractivity contribution in [3.8, 4) is 6.07 Å². The highest BCUT2D eigenvalue weighted by molar-refractivity contribution is 6.04. The summed E-state index contributed by atoms with van der Waals surface area (Å²) in [7, 11) is 3.75. The minimum Gasteiger partial charge on any atom is -0.377 e. The molecule has 3 amide bonds. The van der Waals surface area contributed by atoms with Crippen LogP contribution in [0.1, 0.15) is 29.8 Å². The molecule has 0 unspecified atom stereocenters. The fourth-order valence-electron chi connectivity index (χ4n) is 2.78. The Morgan fingerprint density at radius 1 is 0.964 bits per heavy atom. The summed E-state index contributed by atoms with van der Waals surface area (Å²) < 4.78 is 0. The number of nitriles is 1. The monoisotopic (exact) mass is 379 g/mol. The number of nitrogens with one attached hydrogen (secondary N) is 2. The lowest BCUT2D eigenvalue weighted by Gasteiger charge is -2.23. The van der Waals surface area contributed by atoms with Gasteiger partial charge in [0.15, 0.2) is 0 Å². The Balaban J connectivity index is 2.21. The smallest absolute Gasteiger partial charge is 0.323 e. The molecule has 0 radical (unpaired) electrons. The van der Waals surface area contributed by atoms with Crippen molar-refractivity contribution in [3.63, 3.8) is 0 Å². The fourth-order valence-corrected chi connectivity index (χ4v) is 2.78. The number of urea groups is 1. The maximum absolute atomic E-state index is 12.9. The molecule has 7 nitrogen and oxygen atoms in total. The van der Waals surface area contributed by atoms with Gasteiger partial charge in [-0.3, -0.25) is 4.79 Å². The second kappa shape index (κ2) is 9.42. The SMILES string of the molecule is CCN(CC)C(=O)c1cc(NC(=O)Nc2ccc(C#N)cc2)ccc1N(C)C. The summed E-state index contributed by atoms with van der Waals surface area (Å²) in [5.74, 6) is -0.0788. The molecule has 0 aromatic heterocycles. The molecule has 146 valence electrons. The molecular weight excluding hydrogens is 354 g/mol. The van der Waals surface area contributed by atoms with Gasteiger partial charge in [0.05, 0.1) is 17.2 Å². The van der Waals surface area contributed by atoms with Gasteiger partial charge in [-0.1, -0.05) is 0 Å². The highest BCUT2D eigenvalue weighted by atomic mass is 16.2. The quantitative estimate of drug-likeness (QED) is 0.800. The summed E-state index contributed by atoms with van der Waals surface area (Å²) in [4.78, 5) is 28.8. The molecule has 0 saturated heterocycles. The lowest BCUT2D eigenvalue weighted by atomic mass is 10.1. The van der Waals surface area contributed by atoms with Crippen molar-refractivity contribution >= 4 is 29.0 Å². The normalized spacial score (nSPS) is 9.96. The van der Waals surface area contributed by atoms with E-state index in [1.165, 1.54) is 0 Å². The maximum Gasteiger partial charge on any atom is 0.323 e. The number of hydrogen-bond donors (Lipinski definition) is 2. The van der Waals surface area contributed by atoms with E-state index in [9.17, 15) is 9.59 Å². The van der Waals surface area contributed by atoms with Crippen LogP contribution in [0.2, 0.25) is 0 Å². The summed E-state index contributed by atoms with van der Waals surface area (Å²) in [6.45, 7) is 5.09. The first kappa shape index (κ1) is 20.8. The topological polar surface area (TPSA) is 88.5 Å². The van der Waals surface area contributed by atoms with Gasteiger partial charge in [-0.15, -0.1) is 0 Å². The Bertz CT molecular complexity index is 881. The Morgan fingerprint density at radius 2 is 1.54 bits per heavy atom. The van der Waals surface area contributed by atoms with E-state index in [-0.39, 0.29) is 5.91 Å². The molecule has 0 saturated carbocycles. The predicted molar refractivity (Wildman–Crippen MR) is 112 cm³/mol. The van der Waals surface area contributed by atoms with Gasteiger partial charge < -0.3 is 20.4 Å². The molecule has 7 heteroatoms. The molecule has 0 aliphatic rings. The Morgan fingerprint density at radius 3 is 2.07 bits per heavy atom. The van der Waals surface area contributed by atoms with E-state index in [1.54, 1.807) is 41.3 Å². The van der Waals surface area contributed by atoms with Gasteiger partial charge in [0.2, 0.25) is 0 Å². The molecule has 0 aliphatic carbocycles. The Kier molecular flexibility index (Phi) is 6.99. The van der Waals surface area contributed by atoms with E-state index in [0.717, 1.165) is 5.69 Å². The minimum absolute atomic E-state index is 0.0788. The molecule has 2 aromatic rings. The number of rotatable bonds is 6. The number of anilines is 3. The fraction of sp³-hybridized carbons (Fsp3) is 0.286. The molecule has 0 fully saturated rings. The number of nitrogens with zero attached hydrogens (tertiary/aromatic N) is 3. The molecule has 2 N–H and O–H groups in total. The highest BCUT2D eigenvalue weighted by Gasteiger charge is 2.19. The number of carbonyl (C=O) groups excluding carboxylic acids is 2. The van der Waals surface area contributed by atoms with Crippen LogP contribution < -0.4 is 15.5 Å². The van der Waals surface area contributed by atoms with E-state index < -0.39 is 6.03 Å². The molecule has 0 spiro atoms. The van der Waals surface area contributed by atoms with Crippen molar-refractivity contribution in [1.29, 1.82) is 5.26 Å². The first-order chi connectivity index (χ1) is 13.4. The molecule has 2 aromatic carbocycles. The van der Waals surface area contributed by atoms with Crippen molar-refractivity contribution in [2.75, 3.05) is 42.7 Å². The average Bonchev–Trinajstić information content (AvgIpc) is 2.69. The summed E-state index contributed by atoms with van der Waals surface area (Å²) in [5, 5.41) is 14.3. The van der Waals surface area contributed by atoms with E-state index in [0.29, 0.717) is 35.6 Å². The van der Waals surface area contributed by atoms with Crippen LogP contribution in [0, 0.1) is 11.3 Å². The summed E-state index contributed by atoms with van der Waals surface area (Å²) in [6, 6.07) is 13.4. The van der Waals surface area contributed by atoms with Crippen molar-refractivity contribution in [1.82, 2.24) is 4.90 Å². The van der Waals surface area contributed by atoms with Crippen molar-refractivity contribution < 1.29 is 9.59 Å². The van der Waals surface area contributed by atoms with Crippen LogP contribution in [0.3, 0.4) is 0 Å². The number of amides is 3. The lowest BCUT2D eigenvalue weighted by molar-refractivity contribution is 0.0773. The third-order valence-corrected chi connectivity index (χ3v) is 4.29. The summed E-state index contributed by atoms with van der Waals surface area (Å²) in [6.07, 6.45) is 0. The van der Waals surface area contributed by atoms with E-state index in [2.05, 4.69) is 10.6 Å². The van der Waals surface area contributed by atoms with Gasteiger partial charge in [0, 0.05) is 44.2 Å². The zero-order valence-corrected chi connectivity index (χ0v) is 16.6. The first-order valence-electron chi connectivity index (χ1n) is 9.08. The van der Waals surface area contributed by atoms with E-state index in [4.69, 9.17) is 5.26 Å². The van der Waals surface area contributed by atoms with E-state index in [1.807, 2.05) is 45.0 Å². The standard InChI is InChI=1S/C21H25N5O2/c1-5-26(6-2)20(27)18-13-17(11-12-19(18)25(3)4)24-21(28)23-16-9-7-15(14-22)8-10-16/h7-13H,5-6H2,1-4H3,(H2,23,24,28). The van der Waals surface area contributed by atoms with Gasteiger partial charge in [-0.2, -0.15) is 5.26 Å². The predicted octanol–water partition coefficient (Wildman–Crippen LogP) is 3.75. The van der Waals surface area contributed by atoms with Gasteiger partial charge in [0.25, 0.3) is 5.91 Å². The van der Waals surface area contributed by atoms with Gasteiger partial charge in [0.1, 0.15) is 0 Å². The summed E-state index contributed by atoms with van der Waals surface area (Å²) in [5.41, 5.74) is 2.93. The first-order valence-corrected chi connectivity index (χ1v) is 9.08. The van der Waals surface area contributed by atoms with Gasteiger partial charge in [-0.25, -0.2) is 4.79 Å². The summed E-state index contributed by atoms with van der Waals surface area (Å²) >= 11 is 0. The van der Waals surface area contributed by atoms with Crippen LogP contribution in [0.4, 0.5) is 21.9 Å². The van der Waals surface area contributed by atoms with Crippen LogP contribution >= 0.6 is 0 Å². The number of carbonyl (C=O) groups is 2. The Labute approximate surface area is 165 Å². The van der Waals surface area contributed by atoms with Gasteiger partial charge in [-0.05, 0) is 56.3 Å². The molecule has 0 bridgehead atoms. The third-order valence-electron chi connectivity index (χ3n) is 4.29. The highest BCUT2D eigenvalue weighted by Crippen LogP contribution is 2.24. The maximum atomic E-state index is 12.9. The van der Waals surface area contributed by atoms with Crippen molar-refractivity contribution in [2.45, 2.75) is 13.8 Å². The molecular formula is C21H25N5O2. The van der Waals surface area contributed by atoms with Gasteiger partial charge >= 0.3 is 6.03 Å². The van der Waals surface area contributed by atoms with Crippen molar-refractivity contribution in [3.05, 3.63) is 53.6 Å². The molecule has 0 atom stereocenters. The second-order valence-corrected chi connectivity index (χ2v) is 6.37. The number of benzene rings is 2. The van der Waals surface area contributed by atoms with E-state index >= 15 is 0 Å². The zero-order valence-electron chi connectivity index (χ0n) is 16.6. The van der Waals surface area contributed by atoms with Crippen LogP contribution in [-0.2, 0) is 0 Å². The largest absolute Gasteiger partial charge is 0.377 e. The third kappa shape index (κ3) is 5.01.